The lowest BCUT2D eigenvalue weighted by Gasteiger charge is -2.20. The van der Waals surface area contributed by atoms with E-state index in [2.05, 4.69) is 4.98 Å². The van der Waals surface area contributed by atoms with Crippen LogP contribution < -0.4 is 10.6 Å². The van der Waals surface area contributed by atoms with Gasteiger partial charge in [-0.2, -0.15) is 0 Å². The van der Waals surface area contributed by atoms with Crippen molar-refractivity contribution in [3.05, 3.63) is 47.4 Å². The number of anilines is 3. The summed E-state index contributed by atoms with van der Waals surface area (Å²) in [6, 6.07) is 6.76. The smallest absolute Gasteiger partial charge is 0.156 e. The van der Waals surface area contributed by atoms with Gasteiger partial charge in [0.1, 0.15) is 5.82 Å². The number of pyridine rings is 1. The van der Waals surface area contributed by atoms with Crippen LogP contribution >= 0.6 is 0 Å². The van der Waals surface area contributed by atoms with E-state index in [1.165, 1.54) is 6.07 Å². The molecule has 2 N–H and O–H groups in total. The first-order chi connectivity index (χ1) is 8.65. The van der Waals surface area contributed by atoms with E-state index in [-0.39, 0.29) is 5.82 Å². The maximum atomic E-state index is 13.3. The van der Waals surface area contributed by atoms with Gasteiger partial charge in [0.25, 0.3) is 0 Å². The molecule has 0 saturated heterocycles. The zero-order valence-corrected chi connectivity index (χ0v) is 10.2. The van der Waals surface area contributed by atoms with Crippen LogP contribution in [0.3, 0.4) is 0 Å². The summed E-state index contributed by atoms with van der Waals surface area (Å²) in [5.74, 6) is 0.483. The van der Waals surface area contributed by atoms with Crippen LogP contribution in [0.4, 0.5) is 21.6 Å². The van der Waals surface area contributed by atoms with Crippen molar-refractivity contribution >= 4 is 17.2 Å². The van der Waals surface area contributed by atoms with E-state index in [1.807, 2.05) is 24.0 Å². The van der Waals surface area contributed by atoms with Crippen LogP contribution in [0.25, 0.3) is 0 Å². The number of nitrogen functional groups attached to an aromatic ring is 1. The number of aromatic nitrogens is 1. The first-order valence-electron chi connectivity index (χ1n) is 5.93. The van der Waals surface area contributed by atoms with Crippen molar-refractivity contribution in [1.82, 2.24) is 4.98 Å². The molecule has 0 amide bonds. The largest absolute Gasteiger partial charge is 0.396 e. The molecule has 0 radical (unpaired) electrons. The predicted octanol–water partition coefficient (Wildman–Crippen LogP) is 2.81. The van der Waals surface area contributed by atoms with Gasteiger partial charge in [0.05, 0.1) is 5.69 Å². The van der Waals surface area contributed by atoms with Gasteiger partial charge in [-0.25, -0.2) is 9.37 Å². The normalized spacial score (nSPS) is 13.8. The molecule has 2 aromatic rings. The molecular weight excluding hydrogens is 229 g/mol. The summed E-state index contributed by atoms with van der Waals surface area (Å²) in [5.41, 5.74) is 9.66. The van der Waals surface area contributed by atoms with Gasteiger partial charge in [-0.3, -0.25) is 0 Å². The molecule has 0 spiro atoms. The lowest BCUT2D eigenvalue weighted by molar-refractivity contribution is 0.628. The maximum Gasteiger partial charge on any atom is 0.156 e. The van der Waals surface area contributed by atoms with Crippen molar-refractivity contribution in [3.63, 3.8) is 0 Å². The highest BCUT2D eigenvalue weighted by Crippen LogP contribution is 2.36. The summed E-state index contributed by atoms with van der Waals surface area (Å²) >= 11 is 0. The number of hydrogen-bond acceptors (Lipinski definition) is 3. The van der Waals surface area contributed by atoms with Gasteiger partial charge in [0.15, 0.2) is 5.82 Å². The Morgan fingerprint density at radius 3 is 2.94 bits per heavy atom. The fraction of sp³-hybridized carbons (Fsp3) is 0.214. The molecule has 1 aromatic heterocycles. The minimum Gasteiger partial charge on any atom is -0.396 e. The molecular formula is C14H14FN3. The lowest BCUT2D eigenvalue weighted by Crippen LogP contribution is -2.16. The fourth-order valence-electron chi connectivity index (χ4n) is 2.38. The third-order valence-corrected chi connectivity index (χ3v) is 3.23. The molecule has 2 heterocycles. The molecule has 0 unspecified atom stereocenters. The lowest BCUT2D eigenvalue weighted by atomic mass is 10.1. The van der Waals surface area contributed by atoms with Crippen LogP contribution in [0.1, 0.15) is 11.1 Å². The van der Waals surface area contributed by atoms with Crippen molar-refractivity contribution in [3.8, 4) is 0 Å². The molecule has 0 aliphatic carbocycles. The highest BCUT2D eigenvalue weighted by Gasteiger charge is 2.23. The SMILES string of the molecule is Cc1cnc(N2CCc3ccc(F)cc32)c(N)c1. The van der Waals surface area contributed by atoms with E-state index in [9.17, 15) is 4.39 Å². The Morgan fingerprint density at radius 1 is 1.33 bits per heavy atom. The number of nitrogens with zero attached hydrogens (tertiary/aromatic N) is 2. The highest BCUT2D eigenvalue weighted by atomic mass is 19.1. The first-order valence-corrected chi connectivity index (χ1v) is 5.93. The molecule has 1 aliphatic rings. The zero-order valence-electron chi connectivity index (χ0n) is 10.2. The Labute approximate surface area is 105 Å². The number of benzene rings is 1. The van der Waals surface area contributed by atoms with E-state index in [1.54, 1.807) is 12.3 Å². The minimum atomic E-state index is -0.230. The van der Waals surface area contributed by atoms with E-state index in [0.29, 0.717) is 11.5 Å². The standard InChI is InChI=1S/C14H14FN3/c1-9-6-12(16)14(17-8-9)18-5-4-10-2-3-11(15)7-13(10)18/h2-3,6-8H,4-5,16H2,1H3. The summed E-state index contributed by atoms with van der Waals surface area (Å²) < 4.78 is 13.3. The summed E-state index contributed by atoms with van der Waals surface area (Å²) in [5, 5.41) is 0. The van der Waals surface area contributed by atoms with E-state index < -0.39 is 0 Å². The second-order valence-electron chi connectivity index (χ2n) is 4.60. The molecule has 0 fully saturated rings. The van der Waals surface area contributed by atoms with Gasteiger partial charge < -0.3 is 10.6 Å². The molecule has 18 heavy (non-hydrogen) atoms. The second-order valence-corrected chi connectivity index (χ2v) is 4.60. The Morgan fingerprint density at radius 2 is 2.17 bits per heavy atom. The highest BCUT2D eigenvalue weighted by molar-refractivity contribution is 5.75. The molecule has 3 rings (SSSR count). The fourth-order valence-corrected chi connectivity index (χ4v) is 2.38. The number of hydrogen-bond donors (Lipinski definition) is 1. The van der Waals surface area contributed by atoms with Gasteiger partial charge in [-0.05, 0) is 42.7 Å². The molecule has 0 bridgehead atoms. The number of nitrogens with two attached hydrogens (primary N) is 1. The van der Waals surface area contributed by atoms with Gasteiger partial charge in [-0.1, -0.05) is 6.07 Å². The van der Waals surface area contributed by atoms with Gasteiger partial charge in [0, 0.05) is 18.4 Å². The first kappa shape index (κ1) is 11.0. The van der Waals surface area contributed by atoms with Crippen molar-refractivity contribution < 1.29 is 4.39 Å². The number of fused-ring (bicyclic) bond motifs is 1. The van der Waals surface area contributed by atoms with Crippen molar-refractivity contribution in [2.75, 3.05) is 17.2 Å². The maximum absolute atomic E-state index is 13.3. The number of halogens is 1. The molecule has 92 valence electrons. The molecule has 0 saturated carbocycles. The summed E-state index contributed by atoms with van der Waals surface area (Å²) in [4.78, 5) is 6.35. The second kappa shape index (κ2) is 3.98. The third kappa shape index (κ3) is 1.70. The quantitative estimate of drug-likeness (QED) is 0.837. The number of rotatable bonds is 1. The molecule has 1 aromatic carbocycles. The average Bonchev–Trinajstić information content (AvgIpc) is 2.72. The number of aryl methyl sites for hydroxylation is 1. The van der Waals surface area contributed by atoms with Crippen molar-refractivity contribution in [2.45, 2.75) is 13.3 Å². The molecule has 0 atom stereocenters. The van der Waals surface area contributed by atoms with E-state index in [0.717, 1.165) is 29.8 Å². The van der Waals surface area contributed by atoms with E-state index in [4.69, 9.17) is 5.73 Å². The Bertz CT molecular complexity index is 610. The molecule has 3 nitrogen and oxygen atoms in total. The van der Waals surface area contributed by atoms with Gasteiger partial charge >= 0.3 is 0 Å². The van der Waals surface area contributed by atoms with Crippen molar-refractivity contribution in [2.24, 2.45) is 0 Å². The van der Waals surface area contributed by atoms with Gasteiger partial charge in [-0.15, -0.1) is 0 Å². The van der Waals surface area contributed by atoms with Crippen LogP contribution in [0.2, 0.25) is 0 Å². The van der Waals surface area contributed by atoms with Gasteiger partial charge in [0.2, 0.25) is 0 Å². The molecule has 4 heteroatoms. The van der Waals surface area contributed by atoms with Crippen LogP contribution in [0, 0.1) is 12.7 Å². The van der Waals surface area contributed by atoms with Crippen LogP contribution in [0.5, 0.6) is 0 Å². The van der Waals surface area contributed by atoms with Crippen LogP contribution in [0.15, 0.2) is 30.5 Å². The van der Waals surface area contributed by atoms with Crippen LogP contribution in [-0.2, 0) is 6.42 Å². The third-order valence-electron chi connectivity index (χ3n) is 3.23. The monoisotopic (exact) mass is 243 g/mol. The summed E-state index contributed by atoms with van der Waals surface area (Å²) in [6.07, 6.45) is 2.67. The topological polar surface area (TPSA) is 42.2 Å². The Kier molecular flexibility index (Phi) is 2.44. The summed E-state index contributed by atoms with van der Waals surface area (Å²) in [7, 11) is 0. The zero-order chi connectivity index (χ0) is 12.7. The summed E-state index contributed by atoms with van der Waals surface area (Å²) in [6.45, 7) is 2.74. The van der Waals surface area contributed by atoms with Crippen molar-refractivity contribution in [1.29, 1.82) is 0 Å². The Hall–Kier alpha value is -2.10. The predicted molar refractivity (Wildman–Crippen MR) is 70.5 cm³/mol. The average molecular weight is 243 g/mol. The molecule has 1 aliphatic heterocycles. The minimum absolute atomic E-state index is 0.230. The van der Waals surface area contributed by atoms with E-state index >= 15 is 0 Å². The van der Waals surface area contributed by atoms with Crippen LogP contribution in [-0.4, -0.2) is 11.5 Å². The Balaban J connectivity index is 2.08.